The summed E-state index contributed by atoms with van der Waals surface area (Å²) in [6.07, 6.45) is -6.10. The molecular weight excluding hydrogens is 553 g/mol. The van der Waals surface area contributed by atoms with Crippen molar-refractivity contribution in [1.82, 2.24) is 19.7 Å². The number of rotatable bonds is 5. The molecule has 1 aliphatic heterocycles. The summed E-state index contributed by atoms with van der Waals surface area (Å²) in [5, 5.41) is 3.98. The quantitative estimate of drug-likeness (QED) is 0.342. The number of aromatic nitrogens is 4. The topological polar surface area (TPSA) is 102 Å². The molecule has 1 aliphatic carbocycles. The highest BCUT2D eigenvalue weighted by Gasteiger charge is 2.44. The first kappa shape index (κ1) is 25.1. The van der Waals surface area contributed by atoms with Crippen LogP contribution in [0.4, 0.5) is 27.6 Å². The number of carbonyl (C=O) groups excluding carboxylic acids is 1. The molecule has 1 fully saturated rings. The molecule has 1 N–H and O–H groups in total. The number of amides is 1. The molecule has 0 saturated heterocycles. The van der Waals surface area contributed by atoms with E-state index in [1.165, 1.54) is 35.5 Å². The number of carbonyl (C=O) groups is 1. The van der Waals surface area contributed by atoms with Crippen molar-refractivity contribution in [3.8, 4) is 22.8 Å². The second-order valence-corrected chi connectivity index (χ2v) is 9.39. The molecular formula is C24H15ClF5N5O4. The Bertz CT molecular complexity index is 1700. The number of anilines is 1. The molecule has 1 amide bonds. The van der Waals surface area contributed by atoms with Crippen LogP contribution in [0.15, 0.2) is 47.5 Å². The lowest BCUT2D eigenvalue weighted by molar-refractivity contribution is -0.286. The molecule has 6 rings (SSSR count). The van der Waals surface area contributed by atoms with Crippen LogP contribution in [0, 0.1) is 0 Å². The summed E-state index contributed by atoms with van der Waals surface area (Å²) in [6.45, 7) is -0.609. The van der Waals surface area contributed by atoms with Crippen molar-refractivity contribution >= 4 is 34.2 Å². The standard InChI is InChI=1S/C24H15ClF5N5O4/c25-13-6-11(5-12(7-13)23(26,27)28)19-20-21(32-10-31-20)22(37)34(33-19)9-18(36)35(14-1-2-14)15-3-4-16-17(8-15)39-24(29,30)38-16/h3-8,10,14H,1-2,9H2,(H,31,32). The molecule has 0 spiro atoms. The number of hydrogen-bond acceptors (Lipinski definition) is 6. The number of halogens is 6. The molecule has 202 valence electrons. The van der Waals surface area contributed by atoms with Crippen molar-refractivity contribution < 1.29 is 36.2 Å². The number of benzene rings is 2. The fourth-order valence-corrected chi connectivity index (χ4v) is 4.59. The van der Waals surface area contributed by atoms with Crippen molar-refractivity contribution in [1.29, 1.82) is 0 Å². The van der Waals surface area contributed by atoms with E-state index in [-0.39, 0.29) is 50.5 Å². The minimum absolute atomic E-state index is 0.0546. The first-order chi connectivity index (χ1) is 18.4. The molecule has 2 aromatic carbocycles. The number of nitrogens with zero attached hydrogens (tertiary/aromatic N) is 4. The molecule has 9 nitrogen and oxygen atoms in total. The van der Waals surface area contributed by atoms with Crippen LogP contribution >= 0.6 is 11.6 Å². The highest BCUT2D eigenvalue weighted by molar-refractivity contribution is 6.31. The minimum atomic E-state index is -4.70. The Hall–Kier alpha value is -4.20. The van der Waals surface area contributed by atoms with Crippen LogP contribution in [0.25, 0.3) is 22.3 Å². The van der Waals surface area contributed by atoms with Crippen LogP contribution in [0.1, 0.15) is 18.4 Å². The highest BCUT2D eigenvalue weighted by atomic mass is 35.5. The Morgan fingerprint density at radius 1 is 1.15 bits per heavy atom. The summed E-state index contributed by atoms with van der Waals surface area (Å²) >= 11 is 5.95. The largest absolute Gasteiger partial charge is 0.586 e. The second kappa shape index (κ2) is 8.66. The van der Waals surface area contributed by atoms with Gasteiger partial charge in [0.05, 0.1) is 17.4 Å². The van der Waals surface area contributed by atoms with Gasteiger partial charge >= 0.3 is 12.5 Å². The summed E-state index contributed by atoms with van der Waals surface area (Å²) < 4.78 is 76.9. The van der Waals surface area contributed by atoms with Gasteiger partial charge in [-0.15, -0.1) is 8.78 Å². The summed E-state index contributed by atoms with van der Waals surface area (Å²) in [4.78, 5) is 34.5. The van der Waals surface area contributed by atoms with E-state index in [4.69, 9.17) is 11.6 Å². The van der Waals surface area contributed by atoms with Gasteiger partial charge in [-0.25, -0.2) is 9.67 Å². The Morgan fingerprint density at radius 2 is 1.90 bits per heavy atom. The maximum atomic E-state index is 13.5. The predicted molar refractivity (Wildman–Crippen MR) is 127 cm³/mol. The lowest BCUT2D eigenvalue weighted by Gasteiger charge is -2.23. The predicted octanol–water partition coefficient (Wildman–Crippen LogP) is 4.98. The van der Waals surface area contributed by atoms with E-state index in [1.807, 2.05) is 0 Å². The number of H-pyrrole nitrogens is 1. The van der Waals surface area contributed by atoms with E-state index >= 15 is 0 Å². The third-order valence-corrected chi connectivity index (χ3v) is 6.38. The number of fused-ring (bicyclic) bond motifs is 2. The Balaban J connectivity index is 1.39. The van der Waals surface area contributed by atoms with E-state index in [1.54, 1.807) is 0 Å². The zero-order valence-electron chi connectivity index (χ0n) is 19.4. The fourth-order valence-electron chi connectivity index (χ4n) is 4.36. The molecule has 4 aromatic rings. The third-order valence-electron chi connectivity index (χ3n) is 6.16. The monoisotopic (exact) mass is 567 g/mol. The van der Waals surface area contributed by atoms with Gasteiger partial charge in [0.1, 0.15) is 12.2 Å². The third kappa shape index (κ3) is 4.64. The van der Waals surface area contributed by atoms with E-state index in [9.17, 15) is 31.5 Å². The molecule has 3 heterocycles. The second-order valence-electron chi connectivity index (χ2n) is 8.96. The van der Waals surface area contributed by atoms with Crippen molar-refractivity contribution in [3.05, 3.63) is 63.7 Å². The molecule has 2 aromatic heterocycles. The molecule has 0 bridgehead atoms. The lowest BCUT2D eigenvalue weighted by atomic mass is 10.1. The Kier molecular flexibility index (Phi) is 5.57. The fraction of sp³-hybridized carbons (Fsp3) is 0.250. The smallest absolute Gasteiger partial charge is 0.395 e. The minimum Gasteiger partial charge on any atom is -0.395 e. The molecule has 1 saturated carbocycles. The van der Waals surface area contributed by atoms with Gasteiger partial charge in [0.25, 0.3) is 5.56 Å². The van der Waals surface area contributed by atoms with Crippen molar-refractivity contribution in [2.75, 3.05) is 4.90 Å². The average molecular weight is 568 g/mol. The Morgan fingerprint density at radius 3 is 2.62 bits per heavy atom. The lowest BCUT2D eigenvalue weighted by Crippen LogP contribution is -2.39. The first-order valence-electron chi connectivity index (χ1n) is 11.4. The van der Waals surface area contributed by atoms with Gasteiger partial charge in [-0.05, 0) is 43.2 Å². The van der Waals surface area contributed by atoms with Gasteiger partial charge in [-0.3, -0.25) is 9.59 Å². The zero-order valence-corrected chi connectivity index (χ0v) is 20.2. The van der Waals surface area contributed by atoms with Gasteiger partial charge in [-0.1, -0.05) is 11.6 Å². The number of hydrogen-bond donors (Lipinski definition) is 1. The van der Waals surface area contributed by atoms with Gasteiger partial charge in [-0.2, -0.15) is 18.3 Å². The number of alkyl halides is 5. The van der Waals surface area contributed by atoms with Crippen LogP contribution in [-0.4, -0.2) is 38.0 Å². The van der Waals surface area contributed by atoms with Gasteiger partial charge in [0.15, 0.2) is 17.0 Å². The SMILES string of the molecule is O=C(Cn1nc(-c2cc(Cl)cc(C(F)(F)F)c2)c2[nH]cnc2c1=O)N(c1ccc2c(c1)OC(F)(F)O2)C1CC1. The van der Waals surface area contributed by atoms with Crippen LogP contribution in [0.2, 0.25) is 5.02 Å². The van der Waals surface area contributed by atoms with Gasteiger partial charge in [0.2, 0.25) is 5.91 Å². The number of ether oxygens (including phenoxy) is 2. The summed E-state index contributed by atoms with van der Waals surface area (Å²) in [7, 11) is 0. The van der Waals surface area contributed by atoms with Crippen molar-refractivity contribution in [2.45, 2.75) is 37.9 Å². The molecule has 15 heteroatoms. The van der Waals surface area contributed by atoms with E-state index in [2.05, 4.69) is 24.5 Å². The van der Waals surface area contributed by atoms with Crippen LogP contribution in [0.3, 0.4) is 0 Å². The first-order valence-corrected chi connectivity index (χ1v) is 11.8. The van der Waals surface area contributed by atoms with Gasteiger partial charge < -0.3 is 19.4 Å². The normalized spacial score (nSPS) is 16.1. The van der Waals surface area contributed by atoms with Crippen LogP contribution in [-0.2, 0) is 17.5 Å². The van der Waals surface area contributed by atoms with Crippen molar-refractivity contribution in [3.63, 3.8) is 0 Å². The Labute approximate surface area is 219 Å². The number of imidazole rings is 1. The summed E-state index contributed by atoms with van der Waals surface area (Å²) in [6, 6.07) is 6.44. The molecule has 0 atom stereocenters. The van der Waals surface area contributed by atoms with Gasteiger partial charge in [0, 0.05) is 28.4 Å². The highest BCUT2D eigenvalue weighted by Crippen LogP contribution is 2.44. The molecule has 39 heavy (non-hydrogen) atoms. The maximum Gasteiger partial charge on any atom is 0.586 e. The van der Waals surface area contributed by atoms with E-state index in [0.29, 0.717) is 12.8 Å². The maximum absolute atomic E-state index is 13.5. The van der Waals surface area contributed by atoms with Crippen molar-refractivity contribution in [2.24, 2.45) is 0 Å². The number of nitrogens with one attached hydrogen (secondary N) is 1. The van der Waals surface area contributed by atoms with Crippen LogP contribution < -0.4 is 19.9 Å². The summed E-state index contributed by atoms with van der Waals surface area (Å²) in [5.41, 5.74) is -1.77. The molecule has 0 radical (unpaired) electrons. The summed E-state index contributed by atoms with van der Waals surface area (Å²) in [5.74, 6) is -1.06. The number of aromatic amines is 1. The zero-order chi connectivity index (χ0) is 27.7. The van der Waals surface area contributed by atoms with E-state index in [0.717, 1.165) is 16.8 Å². The van der Waals surface area contributed by atoms with E-state index < -0.39 is 36.0 Å². The molecule has 2 aliphatic rings. The van der Waals surface area contributed by atoms with Crippen LogP contribution in [0.5, 0.6) is 11.5 Å². The average Bonchev–Trinajstić information content (AvgIpc) is 3.44. The molecule has 0 unspecified atom stereocenters.